The molecule has 0 aromatic heterocycles. The van der Waals surface area contributed by atoms with Crippen molar-refractivity contribution in [1.82, 2.24) is 9.80 Å². The van der Waals surface area contributed by atoms with Crippen molar-refractivity contribution in [2.75, 3.05) is 19.6 Å². The second-order valence-corrected chi connectivity index (χ2v) is 8.87. The van der Waals surface area contributed by atoms with E-state index in [2.05, 4.69) is 4.90 Å². The highest BCUT2D eigenvalue weighted by molar-refractivity contribution is 5.79. The standard InChI is InChI=1S/C25H29F3N2O/c1-18-16-29(12-13-30(18)24(31)14-19-6-3-2-4-7-19)17-21-15-22(25(26,27)28)10-11-23(21)20-8-5-9-20/h2-4,6-7,10-11,15,18,20H,5,8-9,12-14,16-17H2,1H3. The van der Waals surface area contributed by atoms with E-state index in [4.69, 9.17) is 0 Å². The first-order chi connectivity index (χ1) is 14.8. The van der Waals surface area contributed by atoms with Gasteiger partial charge in [0.15, 0.2) is 0 Å². The third-order valence-electron chi connectivity index (χ3n) is 6.64. The van der Waals surface area contributed by atoms with Crippen LogP contribution >= 0.6 is 0 Å². The van der Waals surface area contributed by atoms with E-state index in [1.807, 2.05) is 42.2 Å². The van der Waals surface area contributed by atoms with E-state index in [1.165, 1.54) is 12.1 Å². The molecule has 1 saturated carbocycles. The molecule has 0 N–H and O–H groups in total. The van der Waals surface area contributed by atoms with Gasteiger partial charge in [0.25, 0.3) is 0 Å². The Labute approximate surface area is 181 Å². The summed E-state index contributed by atoms with van der Waals surface area (Å²) in [6, 6.07) is 14.0. The molecule has 1 atom stereocenters. The van der Waals surface area contributed by atoms with E-state index in [9.17, 15) is 18.0 Å². The quantitative estimate of drug-likeness (QED) is 0.647. The average Bonchev–Trinajstić information content (AvgIpc) is 2.68. The number of rotatable bonds is 5. The molecule has 2 fully saturated rings. The molecule has 0 radical (unpaired) electrons. The molecule has 1 aliphatic heterocycles. The Balaban J connectivity index is 1.43. The molecule has 1 saturated heterocycles. The van der Waals surface area contributed by atoms with Gasteiger partial charge in [-0.3, -0.25) is 9.69 Å². The summed E-state index contributed by atoms with van der Waals surface area (Å²) in [5.74, 6) is 0.482. The summed E-state index contributed by atoms with van der Waals surface area (Å²) in [5.41, 5.74) is 2.27. The topological polar surface area (TPSA) is 23.6 Å². The maximum atomic E-state index is 13.3. The van der Waals surface area contributed by atoms with Crippen LogP contribution in [0.1, 0.15) is 54.4 Å². The van der Waals surface area contributed by atoms with Gasteiger partial charge in [0.2, 0.25) is 5.91 Å². The number of carbonyl (C=O) groups excluding carboxylic acids is 1. The molecule has 3 nitrogen and oxygen atoms in total. The normalized spacial score (nSPS) is 20.5. The van der Waals surface area contributed by atoms with Gasteiger partial charge in [0, 0.05) is 32.2 Å². The summed E-state index contributed by atoms with van der Waals surface area (Å²) in [6.07, 6.45) is -0.704. The van der Waals surface area contributed by atoms with Gasteiger partial charge < -0.3 is 4.90 Å². The zero-order valence-corrected chi connectivity index (χ0v) is 17.9. The van der Waals surface area contributed by atoms with Crippen LogP contribution in [0.2, 0.25) is 0 Å². The van der Waals surface area contributed by atoms with Crippen LogP contribution in [0.5, 0.6) is 0 Å². The number of amides is 1. The van der Waals surface area contributed by atoms with Crippen molar-refractivity contribution in [3.8, 4) is 0 Å². The van der Waals surface area contributed by atoms with E-state index in [0.29, 0.717) is 38.5 Å². The molecule has 1 unspecified atom stereocenters. The van der Waals surface area contributed by atoms with Crippen LogP contribution in [0, 0.1) is 0 Å². The Morgan fingerprint density at radius 3 is 2.42 bits per heavy atom. The van der Waals surface area contributed by atoms with Gasteiger partial charge in [-0.2, -0.15) is 13.2 Å². The molecule has 0 bridgehead atoms. The predicted molar refractivity (Wildman–Crippen MR) is 115 cm³/mol. The average molecular weight is 431 g/mol. The largest absolute Gasteiger partial charge is 0.416 e. The maximum Gasteiger partial charge on any atom is 0.416 e. The number of alkyl halides is 3. The Hall–Kier alpha value is -2.34. The number of piperazine rings is 1. The van der Waals surface area contributed by atoms with Crippen LogP contribution in [0.4, 0.5) is 13.2 Å². The lowest BCUT2D eigenvalue weighted by molar-refractivity contribution is -0.138. The highest BCUT2D eigenvalue weighted by Gasteiger charge is 2.33. The van der Waals surface area contributed by atoms with Gasteiger partial charge in [0.1, 0.15) is 0 Å². The van der Waals surface area contributed by atoms with Crippen molar-refractivity contribution in [1.29, 1.82) is 0 Å². The fraction of sp³-hybridized carbons (Fsp3) is 0.480. The molecule has 1 heterocycles. The third kappa shape index (κ3) is 5.12. The molecule has 1 aliphatic carbocycles. The lowest BCUT2D eigenvalue weighted by Gasteiger charge is -2.40. The molecule has 31 heavy (non-hydrogen) atoms. The minimum absolute atomic E-state index is 0.0305. The lowest BCUT2D eigenvalue weighted by Crippen LogP contribution is -2.54. The van der Waals surface area contributed by atoms with E-state index < -0.39 is 11.7 Å². The molecule has 2 aliphatic rings. The van der Waals surface area contributed by atoms with Crippen LogP contribution in [0.15, 0.2) is 48.5 Å². The van der Waals surface area contributed by atoms with E-state index in [0.717, 1.165) is 36.0 Å². The first-order valence-corrected chi connectivity index (χ1v) is 11.1. The van der Waals surface area contributed by atoms with Crippen LogP contribution in [-0.2, 0) is 23.9 Å². The SMILES string of the molecule is CC1CN(Cc2cc(C(F)(F)F)ccc2C2CCC2)CCN1C(=O)Cc1ccccc1. The Bertz CT molecular complexity index is 909. The second-order valence-electron chi connectivity index (χ2n) is 8.87. The lowest BCUT2D eigenvalue weighted by atomic mass is 9.77. The van der Waals surface area contributed by atoms with Gasteiger partial charge in [-0.05, 0) is 54.5 Å². The highest BCUT2D eigenvalue weighted by Crippen LogP contribution is 2.40. The monoisotopic (exact) mass is 430 g/mol. The van der Waals surface area contributed by atoms with Crippen LogP contribution in [-0.4, -0.2) is 41.4 Å². The molecule has 2 aromatic rings. The fourth-order valence-electron chi connectivity index (χ4n) is 4.70. The van der Waals surface area contributed by atoms with Crippen LogP contribution < -0.4 is 0 Å². The number of carbonyl (C=O) groups is 1. The molecule has 2 aromatic carbocycles. The van der Waals surface area contributed by atoms with E-state index in [1.54, 1.807) is 6.07 Å². The minimum Gasteiger partial charge on any atom is -0.337 e. The first-order valence-electron chi connectivity index (χ1n) is 11.1. The third-order valence-corrected chi connectivity index (χ3v) is 6.64. The molecular formula is C25H29F3N2O. The Kier molecular flexibility index (Phi) is 6.37. The highest BCUT2D eigenvalue weighted by atomic mass is 19.4. The zero-order valence-electron chi connectivity index (χ0n) is 17.9. The summed E-state index contributed by atoms with van der Waals surface area (Å²) in [4.78, 5) is 16.9. The van der Waals surface area contributed by atoms with Crippen LogP contribution in [0.25, 0.3) is 0 Å². The summed E-state index contributed by atoms with van der Waals surface area (Å²) in [6.45, 7) is 4.46. The summed E-state index contributed by atoms with van der Waals surface area (Å²) >= 11 is 0. The fourth-order valence-corrected chi connectivity index (χ4v) is 4.70. The van der Waals surface area contributed by atoms with Crippen molar-refractivity contribution in [2.24, 2.45) is 0 Å². The van der Waals surface area contributed by atoms with Crippen molar-refractivity contribution in [3.05, 3.63) is 70.8 Å². The van der Waals surface area contributed by atoms with Crippen molar-refractivity contribution in [3.63, 3.8) is 0 Å². The van der Waals surface area contributed by atoms with Gasteiger partial charge in [-0.1, -0.05) is 42.8 Å². The maximum absolute atomic E-state index is 13.3. The van der Waals surface area contributed by atoms with E-state index >= 15 is 0 Å². The molecule has 166 valence electrons. The number of halogens is 3. The summed E-state index contributed by atoms with van der Waals surface area (Å²) < 4.78 is 39.9. The van der Waals surface area contributed by atoms with Gasteiger partial charge in [-0.15, -0.1) is 0 Å². The molecule has 4 rings (SSSR count). The van der Waals surface area contributed by atoms with Crippen LogP contribution in [0.3, 0.4) is 0 Å². The van der Waals surface area contributed by atoms with E-state index in [-0.39, 0.29) is 11.9 Å². The van der Waals surface area contributed by atoms with Crippen molar-refractivity contribution >= 4 is 5.91 Å². The summed E-state index contributed by atoms with van der Waals surface area (Å²) in [7, 11) is 0. The minimum atomic E-state index is -4.33. The Morgan fingerprint density at radius 2 is 1.81 bits per heavy atom. The Morgan fingerprint density at radius 1 is 1.06 bits per heavy atom. The molecular weight excluding hydrogens is 401 g/mol. The zero-order chi connectivity index (χ0) is 22.0. The summed E-state index contributed by atoms with van der Waals surface area (Å²) in [5, 5.41) is 0. The first kappa shape index (κ1) is 21.9. The smallest absolute Gasteiger partial charge is 0.337 e. The number of hydrogen-bond acceptors (Lipinski definition) is 2. The van der Waals surface area contributed by atoms with Gasteiger partial charge in [0.05, 0.1) is 12.0 Å². The number of hydrogen-bond donors (Lipinski definition) is 0. The molecule has 6 heteroatoms. The molecule has 0 spiro atoms. The number of benzene rings is 2. The molecule has 1 amide bonds. The number of nitrogens with zero attached hydrogens (tertiary/aromatic N) is 2. The second kappa shape index (κ2) is 9.03. The van der Waals surface area contributed by atoms with Crippen molar-refractivity contribution < 1.29 is 18.0 Å². The van der Waals surface area contributed by atoms with Crippen molar-refractivity contribution in [2.45, 2.75) is 57.3 Å². The van der Waals surface area contributed by atoms with Gasteiger partial charge in [-0.25, -0.2) is 0 Å². The predicted octanol–water partition coefficient (Wildman–Crippen LogP) is 5.25. The van der Waals surface area contributed by atoms with Gasteiger partial charge >= 0.3 is 6.18 Å².